The lowest BCUT2D eigenvalue weighted by Crippen LogP contribution is -1.87. The lowest BCUT2D eigenvalue weighted by atomic mass is 10.2. The van der Waals surface area contributed by atoms with E-state index in [9.17, 15) is 8.42 Å². The molecular weight excluding hydrogens is 200 g/mol. The molecule has 5 heteroatoms. The van der Waals surface area contributed by atoms with Gasteiger partial charge < -0.3 is 5.11 Å². The van der Waals surface area contributed by atoms with Crippen molar-refractivity contribution in [3.8, 4) is 5.75 Å². The molecule has 0 unspecified atom stereocenters. The van der Waals surface area contributed by atoms with Crippen molar-refractivity contribution in [3.63, 3.8) is 0 Å². The first-order valence-electron chi connectivity index (χ1n) is 3.19. The third kappa shape index (κ3) is 2.39. The molecule has 0 amide bonds. The van der Waals surface area contributed by atoms with E-state index in [0.717, 1.165) is 0 Å². The first-order valence-corrected chi connectivity index (χ1v) is 4.93. The summed E-state index contributed by atoms with van der Waals surface area (Å²) >= 11 is 5.65. The molecule has 0 fully saturated rings. The molecule has 0 aliphatic rings. The zero-order valence-corrected chi connectivity index (χ0v) is 7.68. The van der Waals surface area contributed by atoms with E-state index in [2.05, 4.69) is 0 Å². The van der Waals surface area contributed by atoms with Crippen LogP contribution in [0.4, 0.5) is 0 Å². The van der Waals surface area contributed by atoms with Gasteiger partial charge in [-0.25, -0.2) is 8.42 Å². The highest BCUT2D eigenvalue weighted by molar-refractivity contribution is 7.71. The van der Waals surface area contributed by atoms with Crippen LogP contribution in [0, 0.1) is 0 Å². The van der Waals surface area contributed by atoms with E-state index in [1.54, 1.807) is 0 Å². The van der Waals surface area contributed by atoms with Gasteiger partial charge in [0.05, 0.1) is 5.75 Å². The number of halogens is 1. The van der Waals surface area contributed by atoms with Crippen molar-refractivity contribution in [2.45, 2.75) is 5.75 Å². The van der Waals surface area contributed by atoms with Crippen LogP contribution in [-0.2, 0) is 16.5 Å². The molecule has 0 atom stereocenters. The van der Waals surface area contributed by atoms with E-state index in [4.69, 9.17) is 16.7 Å². The maximum atomic E-state index is 10.3. The Labute approximate surface area is 76.6 Å². The monoisotopic (exact) mass is 206 g/mol. The molecule has 0 bridgehead atoms. The minimum atomic E-state index is -2.47. The van der Waals surface area contributed by atoms with Gasteiger partial charge in [0.1, 0.15) is 16.5 Å². The quantitative estimate of drug-likeness (QED) is 0.714. The Morgan fingerprint density at radius 1 is 1.42 bits per heavy atom. The fourth-order valence-corrected chi connectivity index (χ4v) is 1.69. The van der Waals surface area contributed by atoms with E-state index >= 15 is 0 Å². The third-order valence-electron chi connectivity index (χ3n) is 1.34. The van der Waals surface area contributed by atoms with Gasteiger partial charge in [-0.1, -0.05) is 17.7 Å². The summed E-state index contributed by atoms with van der Waals surface area (Å²) in [6.07, 6.45) is 0. The number of rotatable bonds is 2. The Kier molecular flexibility index (Phi) is 2.94. The molecular formula is C7H7ClO3S. The molecule has 0 aliphatic heterocycles. The number of phenols is 1. The van der Waals surface area contributed by atoms with E-state index < -0.39 is 10.7 Å². The van der Waals surface area contributed by atoms with Gasteiger partial charge in [-0.3, -0.25) is 0 Å². The normalized spacial score (nSPS) is 10.5. The lowest BCUT2D eigenvalue weighted by Gasteiger charge is -1.99. The van der Waals surface area contributed by atoms with Crippen LogP contribution >= 0.6 is 11.6 Å². The summed E-state index contributed by atoms with van der Waals surface area (Å²) in [6, 6.07) is 4.21. The highest BCUT2D eigenvalue weighted by Gasteiger charge is 2.01. The van der Waals surface area contributed by atoms with Crippen molar-refractivity contribution < 1.29 is 13.5 Å². The fourth-order valence-electron chi connectivity index (χ4n) is 0.804. The van der Waals surface area contributed by atoms with Gasteiger partial charge in [0.15, 0.2) is 0 Å². The van der Waals surface area contributed by atoms with E-state index in [1.165, 1.54) is 18.2 Å². The average molecular weight is 207 g/mol. The Bertz CT molecular complexity index is 352. The van der Waals surface area contributed by atoms with Crippen molar-refractivity contribution in [3.05, 3.63) is 28.8 Å². The number of benzene rings is 1. The van der Waals surface area contributed by atoms with Crippen molar-refractivity contribution in [2.24, 2.45) is 0 Å². The minimum absolute atomic E-state index is 0.0323. The minimum Gasteiger partial charge on any atom is -0.508 e. The van der Waals surface area contributed by atoms with E-state index in [-0.39, 0.29) is 16.5 Å². The summed E-state index contributed by atoms with van der Waals surface area (Å²) in [6.45, 7) is 0. The van der Waals surface area contributed by atoms with E-state index in [0.29, 0.717) is 5.56 Å². The molecule has 12 heavy (non-hydrogen) atoms. The van der Waals surface area contributed by atoms with Gasteiger partial charge in [-0.05, 0) is 17.7 Å². The van der Waals surface area contributed by atoms with Crippen molar-refractivity contribution >= 4 is 22.3 Å². The average Bonchev–Trinajstić information content (AvgIpc) is 1.94. The zero-order chi connectivity index (χ0) is 9.14. The number of phenolic OH excluding ortho intramolecular Hbond substituents is 1. The predicted octanol–water partition coefficient (Wildman–Crippen LogP) is 1.16. The van der Waals surface area contributed by atoms with E-state index in [1.807, 2.05) is 0 Å². The Balaban J connectivity index is 3.01. The molecule has 1 aromatic rings. The van der Waals surface area contributed by atoms with Crippen LogP contribution in [0.5, 0.6) is 5.75 Å². The lowest BCUT2D eigenvalue weighted by molar-refractivity contribution is 0.475. The largest absolute Gasteiger partial charge is 0.508 e. The molecule has 0 aliphatic carbocycles. The molecule has 0 spiro atoms. The second kappa shape index (κ2) is 3.78. The van der Waals surface area contributed by atoms with Crippen LogP contribution in [0.3, 0.4) is 0 Å². The third-order valence-corrected chi connectivity index (χ3v) is 2.29. The second-order valence-electron chi connectivity index (χ2n) is 2.27. The molecule has 0 radical (unpaired) electrons. The molecule has 0 heterocycles. The number of aromatic hydroxyl groups is 1. The molecule has 1 N–H and O–H groups in total. The fraction of sp³-hybridized carbons (Fsp3) is 0.143. The maximum Gasteiger partial charge on any atom is 0.144 e. The molecule has 0 saturated carbocycles. The summed E-state index contributed by atoms with van der Waals surface area (Å²) in [5, 5.41) is 9.21. The van der Waals surface area contributed by atoms with Gasteiger partial charge >= 0.3 is 0 Å². The van der Waals surface area contributed by atoms with Gasteiger partial charge in [-0.15, -0.1) is 0 Å². The van der Waals surface area contributed by atoms with Crippen molar-refractivity contribution in [1.82, 2.24) is 0 Å². The van der Waals surface area contributed by atoms with Crippen molar-refractivity contribution in [1.29, 1.82) is 0 Å². The van der Waals surface area contributed by atoms with Crippen LogP contribution in [0.15, 0.2) is 18.2 Å². The van der Waals surface area contributed by atoms with Gasteiger partial charge in [-0.2, -0.15) is 0 Å². The summed E-state index contributed by atoms with van der Waals surface area (Å²) < 4.78 is 20.6. The Morgan fingerprint density at radius 3 is 2.58 bits per heavy atom. The highest BCUT2D eigenvalue weighted by atomic mass is 35.5. The summed E-state index contributed by atoms with van der Waals surface area (Å²) in [5.41, 5.74) is 0.505. The highest BCUT2D eigenvalue weighted by Crippen LogP contribution is 2.21. The Hall–Kier alpha value is -0.740. The van der Waals surface area contributed by atoms with Crippen molar-refractivity contribution in [2.75, 3.05) is 0 Å². The summed E-state index contributed by atoms with van der Waals surface area (Å²) in [5.74, 6) is -0.0566. The van der Waals surface area contributed by atoms with Gasteiger partial charge in [0, 0.05) is 5.02 Å². The maximum absolute atomic E-state index is 10.3. The number of hydrogen-bond donors (Lipinski definition) is 2. The van der Waals surface area contributed by atoms with Crippen LogP contribution in [0.25, 0.3) is 0 Å². The molecule has 3 nitrogen and oxygen atoms in total. The second-order valence-corrected chi connectivity index (χ2v) is 3.66. The number of thiol groups is 1. The van der Waals surface area contributed by atoms with Crippen LogP contribution in [0.1, 0.15) is 5.56 Å². The molecule has 1 rings (SSSR count). The van der Waals surface area contributed by atoms with Crippen LogP contribution in [0.2, 0.25) is 5.02 Å². The standard InChI is InChI=1S/C7H7ClO3S/c8-7-3-6(9)2-1-5(7)4-12(10)11/h1-3,9,12H,4H2. The molecule has 66 valence electrons. The summed E-state index contributed by atoms with van der Waals surface area (Å²) in [4.78, 5) is 0. The van der Waals surface area contributed by atoms with Crippen LogP contribution < -0.4 is 0 Å². The smallest absolute Gasteiger partial charge is 0.144 e. The predicted molar refractivity (Wildman–Crippen MR) is 47.1 cm³/mol. The molecule has 0 aromatic heterocycles. The molecule has 0 saturated heterocycles. The van der Waals surface area contributed by atoms with Gasteiger partial charge in [0.25, 0.3) is 0 Å². The first kappa shape index (κ1) is 9.35. The van der Waals surface area contributed by atoms with Crippen LogP contribution in [-0.4, -0.2) is 13.5 Å². The zero-order valence-electron chi connectivity index (χ0n) is 6.03. The Morgan fingerprint density at radius 2 is 2.08 bits per heavy atom. The number of hydrogen-bond acceptors (Lipinski definition) is 3. The summed E-state index contributed by atoms with van der Waals surface area (Å²) in [7, 11) is -2.47. The molecule has 1 aromatic carbocycles. The van der Waals surface area contributed by atoms with Gasteiger partial charge in [0.2, 0.25) is 0 Å². The first-order chi connectivity index (χ1) is 5.59. The SMILES string of the molecule is O=[SH](=O)Cc1ccc(O)cc1Cl. The topological polar surface area (TPSA) is 54.4 Å².